The van der Waals surface area contributed by atoms with E-state index in [4.69, 9.17) is 0 Å². The minimum Gasteiger partial charge on any atom is -0.346 e. The Morgan fingerprint density at radius 1 is 1.47 bits per heavy atom. The Morgan fingerprint density at radius 3 is 2.84 bits per heavy atom. The fraction of sp³-hybridized carbons (Fsp3) is 0.562. The Hall–Kier alpha value is -0.830. The Balaban J connectivity index is 2.14. The highest BCUT2D eigenvalue weighted by Gasteiger charge is 2.35. The van der Waals surface area contributed by atoms with Crippen LogP contribution in [0.1, 0.15) is 48.5 Å². The molecule has 19 heavy (non-hydrogen) atoms. The molecule has 0 radical (unpaired) electrons. The number of rotatable bonds is 3. The SMILES string of the molecule is Cc1ccccc1C(=O)NC1(CBr)CCCC(C)C1. The van der Waals surface area contributed by atoms with Gasteiger partial charge in [0.1, 0.15) is 0 Å². The Morgan fingerprint density at radius 2 is 2.21 bits per heavy atom. The molecule has 1 aliphatic rings. The smallest absolute Gasteiger partial charge is 0.252 e. The van der Waals surface area contributed by atoms with Gasteiger partial charge < -0.3 is 5.32 Å². The molecule has 1 aromatic rings. The molecule has 2 unspecified atom stereocenters. The zero-order valence-electron chi connectivity index (χ0n) is 11.7. The first kappa shape index (κ1) is 14.6. The van der Waals surface area contributed by atoms with Crippen LogP contribution in [0.3, 0.4) is 0 Å². The number of hydrogen-bond donors (Lipinski definition) is 1. The first-order valence-corrected chi connectivity index (χ1v) is 8.12. The fourth-order valence-electron chi connectivity index (χ4n) is 3.06. The van der Waals surface area contributed by atoms with Crippen molar-refractivity contribution in [3.8, 4) is 0 Å². The molecule has 3 heteroatoms. The maximum atomic E-state index is 12.5. The maximum Gasteiger partial charge on any atom is 0.252 e. The number of nitrogens with one attached hydrogen (secondary N) is 1. The number of aryl methyl sites for hydroxylation is 1. The number of halogens is 1. The average Bonchev–Trinajstić information content (AvgIpc) is 2.39. The van der Waals surface area contributed by atoms with Gasteiger partial charge >= 0.3 is 0 Å². The van der Waals surface area contributed by atoms with Crippen LogP contribution in [0.5, 0.6) is 0 Å². The van der Waals surface area contributed by atoms with Gasteiger partial charge in [0.25, 0.3) is 5.91 Å². The molecule has 2 nitrogen and oxygen atoms in total. The summed E-state index contributed by atoms with van der Waals surface area (Å²) in [5.74, 6) is 0.745. The second-order valence-corrected chi connectivity index (χ2v) is 6.45. The van der Waals surface area contributed by atoms with Crippen LogP contribution in [0.15, 0.2) is 24.3 Å². The lowest BCUT2D eigenvalue weighted by molar-refractivity contribution is 0.0869. The molecule has 1 N–H and O–H groups in total. The van der Waals surface area contributed by atoms with Crippen molar-refractivity contribution in [1.82, 2.24) is 5.32 Å². The third kappa shape index (κ3) is 3.38. The lowest BCUT2D eigenvalue weighted by atomic mass is 9.77. The topological polar surface area (TPSA) is 29.1 Å². The molecule has 1 aromatic carbocycles. The number of benzene rings is 1. The normalized spacial score (nSPS) is 27.0. The van der Waals surface area contributed by atoms with E-state index in [1.807, 2.05) is 31.2 Å². The standard InChI is InChI=1S/C16H22BrNO/c1-12-6-5-9-16(10-12,11-17)18-15(19)14-8-4-3-7-13(14)2/h3-4,7-8,12H,5-6,9-11H2,1-2H3,(H,18,19). The summed E-state index contributed by atoms with van der Waals surface area (Å²) in [5, 5.41) is 4.12. The molecular formula is C16H22BrNO. The van der Waals surface area contributed by atoms with Gasteiger partial charge in [0, 0.05) is 10.9 Å². The number of alkyl halides is 1. The van der Waals surface area contributed by atoms with E-state index in [0.29, 0.717) is 5.92 Å². The predicted molar refractivity (Wildman–Crippen MR) is 82.8 cm³/mol. The summed E-state index contributed by atoms with van der Waals surface area (Å²) in [6.07, 6.45) is 4.60. The molecule has 1 amide bonds. The van der Waals surface area contributed by atoms with Gasteiger partial charge in [-0.3, -0.25) is 4.79 Å². The second kappa shape index (κ2) is 6.08. The zero-order chi connectivity index (χ0) is 13.9. The summed E-state index contributed by atoms with van der Waals surface area (Å²) in [6, 6.07) is 7.78. The van der Waals surface area contributed by atoms with Crippen LogP contribution in [-0.4, -0.2) is 16.8 Å². The molecule has 104 valence electrons. The zero-order valence-corrected chi connectivity index (χ0v) is 13.3. The van der Waals surface area contributed by atoms with Crippen LogP contribution in [0.2, 0.25) is 0 Å². The van der Waals surface area contributed by atoms with Crippen LogP contribution in [-0.2, 0) is 0 Å². The van der Waals surface area contributed by atoms with Crippen molar-refractivity contribution in [3.05, 3.63) is 35.4 Å². The van der Waals surface area contributed by atoms with Crippen molar-refractivity contribution < 1.29 is 4.79 Å². The molecule has 2 rings (SSSR count). The fourth-order valence-corrected chi connectivity index (χ4v) is 3.71. The third-order valence-corrected chi connectivity index (χ3v) is 5.19. The summed E-state index contributed by atoms with van der Waals surface area (Å²) in [5.41, 5.74) is 1.76. The summed E-state index contributed by atoms with van der Waals surface area (Å²) < 4.78 is 0. The Bertz CT molecular complexity index is 460. The molecule has 0 aromatic heterocycles. The number of carbonyl (C=O) groups is 1. The molecule has 1 fully saturated rings. The molecule has 0 bridgehead atoms. The second-order valence-electron chi connectivity index (χ2n) is 5.88. The van der Waals surface area contributed by atoms with E-state index in [1.54, 1.807) is 0 Å². The molecule has 1 aliphatic carbocycles. The van der Waals surface area contributed by atoms with E-state index in [9.17, 15) is 4.79 Å². The minimum absolute atomic E-state index is 0.0617. The molecule has 0 heterocycles. The summed E-state index contributed by atoms with van der Waals surface area (Å²) in [4.78, 5) is 12.5. The van der Waals surface area contributed by atoms with E-state index in [-0.39, 0.29) is 11.4 Å². The van der Waals surface area contributed by atoms with E-state index in [0.717, 1.165) is 29.3 Å². The highest BCUT2D eigenvalue weighted by Crippen LogP contribution is 2.33. The quantitative estimate of drug-likeness (QED) is 0.835. The molecule has 0 aliphatic heterocycles. The van der Waals surface area contributed by atoms with Crippen LogP contribution in [0.4, 0.5) is 0 Å². The molecule has 1 saturated carbocycles. The Kier molecular flexibility index (Phi) is 4.67. The van der Waals surface area contributed by atoms with Gasteiger partial charge in [0.15, 0.2) is 0 Å². The first-order valence-electron chi connectivity index (χ1n) is 7.00. The van der Waals surface area contributed by atoms with Gasteiger partial charge in [-0.1, -0.05) is 53.9 Å². The highest BCUT2D eigenvalue weighted by molar-refractivity contribution is 9.09. The van der Waals surface area contributed by atoms with Gasteiger partial charge in [-0.15, -0.1) is 0 Å². The largest absolute Gasteiger partial charge is 0.346 e. The number of hydrogen-bond acceptors (Lipinski definition) is 1. The van der Waals surface area contributed by atoms with E-state index < -0.39 is 0 Å². The Labute approximate surface area is 124 Å². The van der Waals surface area contributed by atoms with Crippen molar-refractivity contribution in [2.75, 3.05) is 5.33 Å². The van der Waals surface area contributed by atoms with Crippen molar-refractivity contribution in [2.45, 2.75) is 45.1 Å². The van der Waals surface area contributed by atoms with Gasteiger partial charge in [0.2, 0.25) is 0 Å². The van der Waals surface area contributed by atoms with Crippen molar-refractivity contribution in [2.24, 2.45) is 5.92 Å². The summed E-state index contributed by atoms with van der Waals surface area (Å²) in [7, 11) is 0. The highest BCUT2D eigenvalue weighted by atomic mass is 79.9. The number of carbonyl (C=O) groups excluding carboxylic acids is 1. The molecular weight excluding hydrogens is 302 g/mol. The molecule has 0 spiro atoms. The number of amides is 1. The lowest BCUT2D eigenvalue weighted by Crippen LogP contribution is -2.52. The monoisotopic (exact) mass is 323 g/mol. The molecule has 2 atom stereocenters. The summed E-state index contributed by atoms with van der Waals surface area (Å²) in [6.45, 7) is 4.26. The van der Waals surface area contributed by atoms with Gasteiger partial charge in [-0.2, -0.15) is 0 Å². The van der Waals surface area contributed by atoms with Crippen molar-refractivity contribution in [1.29, 1.82) is 0 Å². The average molecular weight is 324 g/mol. The van der Waals surface area contributed by atoms with Crippen LogP contribution >= 0.6 is 15.9 Å². The van der Waals surface area contributed by atoms with Gasteiger partial charge in [-0.05, 0) is 37.3 Å². The van der Waals surface area contributed by atoms with E-state index >= 15 is 0 Å². The predicted octanol–water partition coefficient (Wildman–Crippen LogP) is 4.07. The third-order valence-electron chi connectivity index (χ3n) is 4.12. The minimum atomic E-state index is -0.0724. The van der Waals surface area contributed by atoms with Gasteiger partial charge in [0.05, 0.1) is 5.54 Å². The van der Waals surface area contributed by atoms with Crippen LogP contribution < -0.4 is 5.32 Å². The lowest BCUT2D eigenvalue weighted by Gasteiger charge is -2.39. The van der Waals surface area contributed by atoms with Crippen LogP contribution in [0, 0.1) is 12.8 Å². The first-order chi connectivity index (χ1) is 9.06. The van der Waals surface area contributed by atoms with Gasteiger partial charge in [-0.25, -0.2) is 0 Å². The van der Waals surface area contributed by atoms with Crippen molar-refractivity contribution in [3.63, 3.8) is 0 Å². The van der Waals surface area contributed by atoms with Crippen molar-refractivity contribution >= 4 is 21.8 Å². The molecule has 0 saturated heterocycles. The van der Waals surface area contributed by atoms with E-state index in [2.05, 4.69) is 28.2 Å². The van der Waals surface area contributed by atoms with E-state index in [1.165, 1.54) is 12.8 Å². The maximum absolute atomic E-state index is 12.5. The summed E-state index contributed by atoms with van der Waals surface area (Å²) >= 11 is 3.60. The van der Waals surface area contributed by atoms with Crippen LogP contribution in [0.25, 0.3) is 0 Å².